The molecule has 1 aromatic heterocycles. The molecule has 0 aliphatic carbocycles. The molecule has 0 unspecified atom stereocenters. The van der Waals surface area contributed by atoms with Crippen molar-refractivity contribution in [2.45, 2.75) is 0 Å². The van der Waals surface area contributed by atoms with E-state index < -0.39 is 11.7 Å². The highest BCUT2D eigenvalue weighted by Crippen LogP contribution is 2.24. The molecule has 5 heteroatoms. The third kappa shape index (κ3) is 2.76. The SMILES string of the molecule is CN(C(=O)c1ccc(-c2ccccc2)cc1F)c1nccs1. The summed E-state index contributed by atoms with van der Waals surface area (Å²) < 4.78 is 14.3. The molecule has 110 valence electrons. The van der Waals surface area contributed by atoms with Gasteiger partial charge in [0.15, 0.2) is 5.13 Å². The normalized spacial score (nSPS) is 10.5. The summed E-state index contributed by atoms with van der Waals surface area (Å²) in [7, 11) is 1.59. The molecule has 0 atom stereocenters. The van der Waals surface area contributed by atoms with E-state index in [9.17, 15) is 9.18 Å². The summed E-state index contributed by atoms with van der Waals surface area (Å²) in [5.74, 6) is -0.943. The minimum Gasteiger partial charge on any atom is -0.287 e. The lowest BCUT2D eigenvalue weighted by molar-refractivity contribution is 0.0989. The second kappa shape index (κ2) is 6.07. The zero-order chi connectivity index (χ0) is 15.5. The van der Waals surface area contributed by atoms with Crippen LogP contribution in [-0.4, -0.2) is 17.9 Å². The first kappa shape index (κ1) is 14.4. The maximum Gasteiger partial charge on any atom is 0.262 e. The van der Waals surface area contributed by atoms with Gasteiger partial charge < -0.3 is 0 Å². The first-order valence-electron chi connectivity index (χ1n) is 6.69. The highest BCUT2D eigenvalue weighted by Gasteiger charge is 2.19. The quantitative estimate of drug-likeness (QED) is 0.725. The number of rotatable bonds is 3. The van der Waals surface area contributed by atoms with Gasteiger partial charge in [0, 0.05) is 18.6 Å². The van der Waals surface area contributed by atoms with Gasteiger partial charge in [-0.05, 0) is 23.3 Å². The Hall–Kier alpha value is -2.53. The average molecular weight is 312 g/mol. The Morgan fingerprint density at radius 3 is 2.55 bits per heavy atom. The largest absolute Gasteiger partial charge is 0.287 e. The number of thiazole rings is 1. The molecule has 3 rings (SSSR count). The smallest absolute Gasteiger partial charge is 0.262 e. The first-order valence-corrected chi connectivity index (χ1v) is 7.57. The predicted molar refractivity (Wildman–Crippen MR) is 86.7 cm³/mol. The van der Waals surface area contributed by atoms with Gasteiger partial charge >= 0.3 is 0 Å². The van der Waals surface area contributed by atoms with Gasteiger partial charge in [0.25, 0.3) is 5.91 Å². The van der Waals surface area contributed by atoms with Crippen molar-refractivity contribution in [1.82, 2.24) is 4.98 Å². The number of amides is 1. The summed E-state index contributed by atoms with van der Waals surface area (Å²) in [5, 5.41) is 2.31. The molecule has 0 aliphatic rings. The summed E-state index contributed by atoms with van der Waals surface area (Å²) in [5.41, 5.74) is 1.69. The molecule has 1 heterocycles. The van der Waals surface area contributed by atoms with E-state index in [0.29, 0.717) is 5.13 Å². The van der Waals surface area contributed by atoms with Gasteiger partial charge in [0.2, 0.25) is 0 Å². The lowest BCUT2D eigenvalue weighted by Crippen LogP contribution is -2.26. The van der Waals surface area contributed by atoms with Crippen LogP contribution in [0.5, 0.6) is 0 Å². The van der Waals surface area contributed by atoms with Gasteiger partial charge in [0.05, 0.1) is 5.56 Å². The van der Waals surface area contributed by atoms with Crippen molar-refractivity contribution >= 4 is 22.4 Å². The fraction of sp³-hybridized carbons (Fsp3) is 0.0588. The average Bonchev–Trinajstić information content (AvgIpc) is 3.09. The molecule has 22 heavy (non-hydrogen) atoms. The molecule has 3 nitrogen and oxygen atoms in total. The monoisotopic (exact) mass is 312 g/mol. The molecule has 0 saturated carbocycles. The van der Waals surface area contributed by atoms with Gasteiger partial charge in [-0.1, -0.05) is 36.4 Å². The summed E-state index contributed by atoms with van der Waals surface area (Å²) in [4.78, 5) is 17.8. The number of aromatic nitrogens is 1. The molecule has 0 N–H and O–H groups in total. The second-order valence-electron chi connectivity index (χ2n) is 4.74. The van der Waals surface area contributed by atoms with E-state index >= 15 is 0 Å². The molecular weight excluding hydrogens is 299 g/mol. The Morgan fingerprint density at radius 1 is 1.14 bits per heavy atom. The van der Waals surface area contributed by atoms with E-state index in [1.54, 1.807) is 24.7 Å². The minimum absolute atomic E-state index is 0.0392. The van der Waals surface area contributed by atoms with Crippen LogP contribution in [0.1, 0.15) is 10.4 Å². The number of carbonyl (C=O) groups is 1. The molecule has 0 radical (unpaired) electrons. The summed E-state index contributed by atoms with van der Waals surface area (Å²) in [6.45, 7) is 0. The number of hydrogen-bond donors (Lipinski definition) is 0. The Kier molecular flexibility index (Phi) is 3.98. The van der Waals surface area contributed by atoms with Crippen LogP contribution in [0.4, 0.5) is 9.52 Å². The van der Waals surface area contributed by atoms with E-state index in [4.69, 9.17) is 0 Å². The molecule has 0 aliphatic heterocycles. The number of benzene rings is 2. The number of nitrogens with zero attached hydrogens (tertiary/aromatic N) is 2. The van der Waals surface area contributed by atoms with E-state index in [0.717, 1.165) is 11.1 Å². The zero-order valence-corrected chi connectivity index (χ0v) is 12.7. The standard InChI is InChI=1S/C17H13FN2OS/c1-20(17-19-9-10-22-17)16(21)14-8-7-13(11-15(14)18)12-5-3-2-4-6-12/h2-11H,1H3. The van der Waals surface area contributed by atoms with Crippen LogP contribution in [-0.2, 0) is 0 Å². The van der Waals surface area contributed by atoms with Crippen LogP contribution in [0.15, 0.2) is 60.1 Å². The Labute approximate surface area is 131 Å². The first-order chi connectivity index (χ1) is 10.7. The minimum atomic E-state index is -0.533. The van der Waals surface area contributed by atoms with Crippen LogP contribution in [0.2, 0.25) is 0 Å². The Bertz CT molecular complexity index is 788. The molecular formula is C17H13FN2OS. The Morgan fingerprint density at radius 2 is 1.91 bits per heavy atom. The van der Waals surface area contributed by atoms with Gasteiger partial charge in [-0.2, -0.15) is 0 Å². The molecule has 0 spiro atoms. The van der Waals surface area contributed by atoms with Crippen LogP contribution >= 0.6 is 11.3 Å². The van der Waals surface area contributed by atoms with E-state index in [2.05, 4.69) is 4.98 Å². The fourth-order valence-corrected chi connectivity index (χ4v) is 2.75. The maximum absolute atomic E-state index is 14.3. The van der Waals surface area contributed by atoms with Crippen molar-refractivity contribution in [3.8, 4) is 11.1 Å². The number of halogens is 1. The maximum atomic E-state index is 14.3. The van der Waals surface area contributed by atoms with Crippen LogP contribution in [0.25, 0.3) is 11.1 Å². The van der Waals surface area contributed by atoms with Crippen LogP contribution in [0.3, 0.4) is 0 Å². The van der Waals surface area contributed by atoms with Gasteiger partial charge in [0.1, 0.15) is 5.82 Å². The molecule has 2 aromatic carbocycles. The van der Waals surface area contributed by atoms with Gasteiger partial charge in [-0.25, -0.2) is 9.37 Å². The number of carbonyl (C=O) groups excluding carboxylic acids is 1. The summed E-state index contributed by atoms with van der Waals surface area (Å²) >= 11 is 1.33. The van der Waals surface area contributed by atoms with Gasteiger partial charge in [-0.3, -0.25) is 9.69 Å². The van der Waals surface area contributed by atoms with Crippen molar-refractivity contribution in [2.24, 2.45) is 0 Å². The van der Waals surface area contributed by atoms with E-state index in [1.807, 2.05) is 30.3 Å². The summed E-state index contributed by atoms with van der Waals surface area (Å²) in [6, 6.07) is 14.1. The predicted octanol–water partition coefficient (Wildman–Crippen LogP) is 4.23. The number of anilines is 1. The highest BCUT2D eigenvalue weighted by atomic mass is 32.1. The fourth-order valence-electron chi connectivity index (χ4n) is 2.15. The van der Waals surface area contributed by atoms with Crippen molar-refractivity contribution < 1.29 is 9.18 Å². The molecule has 0 bridgehead atoms. The van der Waals surface area contributed by atoms with Crippen LogP contribution < -0.4 is 4.90 Å². The van der Waals surface area contributed by atoms with Gasteiger partial charge in [-0.15, -0.1) is 11.3 Å². The van der Waals surface area contributed by atoms with Crippen molar-refractivity contribution in [2.75, 3.05) is 11.9 Å². The third-order valence-corrected chi connectivity index (χ3v) is 4.17. The Balaban J connectivity index is 1.91. The number of hydrogen-bond acceptors (Lipinski definition) is 3. The van der Waals surface area contributed by atoms with Crippen LogP contribution in [0, 0.1) is 5.82 Å². The topological polar surface area (TPSA) is 33.2 Å². The molecule has 1 amide bonds. The molecule has 3 aromatic rings. The lowest BCUT2D eigenvalue weighted by Gasteiger charge is -2.14. The second-order valence-corrected chi connectivity index (χ2v) is 5.61. The zero-order valence-electron chi connectivity index (χ0n) is 11.9. The molecule has 0 fully saturated rings. The van der Waals surface area contributed by atoms with E-state index in [1.165, 1.54) is 28.4 Å². The highest BCUT2D eigenvalue weighted by molar-refractivity contribution is 7.13. The lowest BCUT2D eigenvalue weighted by atomic mass is 10.0. The summed E-state index contributed by atoms with van der Waals surface area (Å²) in [6.07, 6.45) is 1.61. The van der Waals surface area contributed by atoms with Crippen molar-refractivity contribution in [3.63, 3.8) is 0 Å². The third-order valence-electron chi connectivity index (χ3n) is 3.32. The van der Waals surface area contributed by atoms with Crippen molar-refractivity contribution in [3.05, 3.63) is 71.5 Å². The molecule has 0 saturated heterocycles. The van der Waals surface area contributed by atoms with Crippen molar-refractivity contribution in [1.29, 1.82) is 0 Å². The van der Waals surface area contributed by atoms with E-state index in [-0.39, 0.29) is 5.56 Å².